The number of ether oxygens (including phenoxy) is 1. The topological polar surface area (TPSA) is 99.3 Å². The molecule has 1 amide bonds. The van der Waals surface area contributed by atoms with Gasteiger partial charge in [-0.15, -0.1) is 0 Å². The lowest BCUT2D eigenvalue weighted by molar-refractivity contribution is -0.116. The van der Waals surface area contributed by atoms with Crippen molar-refractivity contribution in [3.8, 4) is 28.6 Å². The van der Waals surface area contributed by atoms with E-state index in [1.54, 1.807) is 43.5 Å². The lowest BCUT2D eigenvalue weighted by Gasteiger charge is -2.10. The minimum Gasteiger partial charge on any atom is -0.497 e. The zero-order chi connectivity index (χ0) is 22.7. The molecule has 0 unspecified atom stereocenters. The number of hydrogen-bond acceptors (Lipinski definition) is 6. The van der Waals surface area contributed by atoms with E-state index < -0.39 is 0 Å². The van der Waals surface area contributed by atoms with Gasteiger partial charge in [0.2, 0.25) is 11.7 Å². The normalized spacial score (nSPS) is 10.7. The maximum Gasteiger partial charge on any atom is 0.259 e. The fraction of sp³-hybridized carbons (Fsp3) is 0.130. The SMILES string of the molecule is COc1ccc(-c2noc(-c3ccc(=O)n(CC(=O)Nc4cc(Cl)ccc4C)c3)n2)cc1. The fourth-order valence-corrected chi connectivity index (χ4v) is 3.22. The molecule has 2 aromatic heterocycles. The van der Waals surface area contributed by atoms with E-state index in [1.807, 2.05) is 19.1 Å². The van der Waals surface area contributed by atoms with Crippen molar-refractivity contribution in [3.05, 3.63) is 81.7 Å². The van der Waals surface area contributed by atoms with E-state index in [0.29, 0.717) is 22.1 Å². The Hall–Kier alpha value is -3.91. The molecule has 1 N–H and O–H groups in total. The number of carbonyl (C=O) groups excluding carboxylic acids is 1. The second-order valence-corrected chi connectivity index (χ2v) is 7.48. The van der Waals surface area contributed by atoms with Gasteiger partial charge in [-0.2, -0.15) is 4.98 Å². The molecule has 0 saturated carbocycles. The van der Waals surface area contributed by atoms with Crippen LogP contribution >= 0.6 is 11.6 Å². The summed E-state index contributed by atoms with van der Waals surface area (Å²) in [6.45, 7) is 1.67. The van der Waals surface area contributed by atoms with Crippen molar-refractivity contribution in [1.82, 2.24) is 14.7 Å². The molecule has 0 atom stereocenters. The van der Waals surface area contributed by atoms with Crippen LogP contribution in [0.25, 0.3) is 22.8 Å². The van der Waals surface area contributed by atoms with Crippen LogP contribution in [0.3, 0.4) is 0 Å². The molecule has 0 aliphatic heterocycles. The molecule has 0 aliphatic carbocycles. The van der Waals surface area contributed by atoms with Crippen molar-refractivity contribution < 1.29 is 14.1 Å². The number of nitrogens with zero attached hydrogens (tertiary/aromatic N) is 3. The number of nitrogens with one attached hydrogen (secondary N) is 1. The quantitative estimate of drug-likeness (QED) is 0.473. The van der Waals surface area contributed by atoms with Crippen LogP contribution in [-0.2, 0) is 11.3 Å². The second kappa shape index (κ2) is 9.07. The summed E-state index contributed by atoms with van der Waals surface area (Å²) in [7, 11) is 1.59. The summed E-state index contributed by atoms with van der Waals surface area (Å²) in [6, 6.07) is 15.4. The summed E-state index contributed by atoms with van der Waals surface area (Å²) in [5, 5.41) is 7.28. The van der Waals surface area contributed by atoms with Gasteiger partial charge in [0.1, 0.15) is 12.3 Å². The zero-order valence-electron chi connectivity index (χ0n) is 17.3. The highest BCUT2D eigenvalue weighted by Gasteiger charge is 2.14. The highest BCUT2D eigenvalue weighted by Crippen LogP contribution is 2.24. The molecule has 0 radical (unpaired) electrons. The number of pyridine rings is 1. The van der Waals surface area contributed by atoms with Crippen molar-refractivity contribution in [1.29, 1.82) is 0 Å². The van der Waals surface area contributed by atoms with Crippen molar-refractivity contribution in [2.45, 2.75) is 13.5 Å². The number of aromatic nitrogens is 3. The Morgan fingerprint density at radius 1 is 1.12 bits per heavy atom. The Morgan fingerprint density at radius 2 is 1.88 bits per heavy atom. The van der Waals surface area contributed by atoms with E-state index in [-0.39, 0.29) is 23.9 Å². The van der Waals surface area contributed by atoms with Gasteiger partial charge in [-0.05, 0) is 55.0 Å². The number of carbonyl (C=O) groups is 1. The van der Waals surface area contributed by atoms with Gasteiger partial charge < -0.3 is 19.1 Å². The molecule has 0 fully saturated rings. The van der Waals surface area contributed by atoms with E-state index in [9.17, 15) is 9.59 Å². The molecule has 0 aliphatic rings. The minimum atomic E-state index is -0.362. The Kier molecular flexibility index (Phi) is 6.04. The monoisotopic (exact) mass is 450 g/mol. The molecule has 9 heteroatoms. The summed E-state index contributed by atoms with van der Waals surface area (Å²) in [5.74, 6) is 0.986. The maximum absolute atomic E-state index is 12.5. The summed E-state index contributed by atoms with van der Waals surface area (Å²) >= 11 is 6.00. The highest BCUT2D eigenvalue weighted by atomic mass is 35.5. The van der Waals surface area contributed by atoms with Crippen LogP contribution in [0.5, 0.6) is 5.75 Å². The van der Waals surface area contributed by atoms with Crippen LogP contribution in [0.1, 0.15) is 5.56 Å². The fourth-order valence-electron chi connectivity index (χ4n) is 3.05. The first kappa shape index (κ1) is 21.3. The Morgan fingerprint density at radius 3 is 2.62 bits per heavy atom. The molecule has 4 rings (SSSR count). The lowest BCUT2D eigenvalue weighted by atomic mass is 10.2. The van der Waals surface area contributed by atoms with E-state index in [4.69, 9.17) is 20.9 Å². The predicted molar refractivity (Wildman–Crippen MR) is 121 cm³/mol. The number of rotatable bonds is 6. The van der Waals surface area contributed by atoms with Crippen molar-refractivity contribution in [3.63, 3.8) is 0 Å². The summed E-state index contributed by atoms with van der Waals surface area (Å²) in [5.41, 5.74) is 2.39. The molecule has 0 bridgehead atoms. The predicted octanol–water partition coefficient (Wildman–Crippen LogP) is 4.17. The van der Waals surface area contributed by atoms with E-state index in [2.05, 4.69) is 15.5 Å². The van der Waals surface area contributed by atoms with Gasteiger partial charge in [0.25, 0.3) is 11.4 Å². The molecule has 32 heavy (non-hydrogen) atoms. The van der Waals surface area contributed by atoms with Crippen LogP contribution < -0.4 is 15.6 Å². The largest absolute Gasteiger partial charge is 0.497 e. The number of methoxy groups -OCH3 is 1. The number of amides is 1. The minimum absolute atomic E-state index is 0.182. The molecule has 4 aromatic rings. The third kappa shape index (κ3) is 4.70. The van der Waals surface area contributed by atoms with E-state index in [1.165, 1.54) is 16.8 Å². The number of halogens is 1. The number of benzene rings is 2. The Bertz CT molecular complexity index is 1330. The average Bonchev–Trinajstić information content (AvgIpc) is 3.28. The first-order valence-electron chi connectivity index (χ1n) is 9.68. The molecule has 0 spiro atoms. The standard InChI is InChI=1S/C23H19ClN4O4/c1-14-3-7-17(24)11-19(14)25-20(29)13-28-12-16(6-10-21(28)30)23-26-22(27-32-23)15-4-8-18(31-2)9-5-15/h3-12H,13H2,1-2H3,(H,25,29). The van der Waals surface area contributed by atoms with Crippen LogP contribution in [0.2, 0.25) is 5.02 Å². The molecular formula is C23H19ClN4O4. The van der Waals surface area contributed by atoms with Gasteiger partial charge >= 0.3 is 0 Å². The lowest BCUT2D eigenvalue weighted by Crippen LogP contribution is -2.27. The molecular weight excluding hydrogens is 432 g/mol. The number of hydrogen-bond donors (Lipinski definition) is 1. The Labute approximate surface area is 188 Å². The summed E-state index contributed by atoms with van der Waals surface area (Å²) in [6.07, 6.45) is 1.51. The first-order valence-corrected chi connectivity index (χ1v) is 10.1. The molecule has 2 heterocycles. The smallest absolute Gasteiger partial charge is 0.259 e. The van der Waals surface area contributed by atoms with Gasteiger partial charge in [-0.3, -0.25) is 9.59 Å². The molecule has 0 saturated heterocycles. The van der Waals surface area contributed by atoms with Gasteiger partial charge in [-0.25, -0.2) is 0 Å². The van der Waals surface area contributed by atoms with E-state index in [0.717, 1.165) is 16.9 Å². The van der Waals surface area contributed by atoms with Gasteiger partial charge in [-0.1, -0.05) is 22.8 Å². The third-order valence-electron chi connectivity index (χ3n) is 4.79. The van der Waals surface area contributed by atoms with Crippen molar-refractivity contribution >= 4 is 23.2 Å². The second-order valence-electron chi connectivity index (χ2n) is 7.04. The van der Waals surface area contributed by atoms with Gasteiger partial charge in [0.15, 0.2) is 0 Å². The Balaban J connectivity index is 1.54. The van der Waals surface area contributed by atoms with Crippen LogP contribution in [0, 0.1) is 6.92 Å². The van der Waals surface area contributed by atoms with Crippen LogP contribution in [-0.4, -0.2) is 27.7 Å². The van der Waals surface area contributed by atoms with Crippen molar-refractivity contribution in [2.24, 2.45) is 0 Å². The maximum atomic E-state index is 12.5. The van der Waals surface area contributed by atoms with Crippen molar-refractivity contribution in [2.75, 3.05) is 12.4 Å². The average molecular weight is 451 g/mol. The summed E-state index contributed by atoms with van der Waals surface area (Å²) < 4.78 is 11.8. The van der Waals surface area contributed by atoms with Gasteiger partial charge in [0, 0.05) is 28.5 Å². The molecule has 8 nitrogen and oxygen atoms in total. The highest BCUT2D eigenvalue weighted by molar-refractivity contribution is 6.31. The summed E-state index contributed by atoms with van der Waals surface area (Å²) in [4.78, 5) is 29.2. The zero-order valence-corrected chi connectivity index (χ0v) is 18.1. The van der Waals surface area contributed by atoms with Crippen LogP contribution in [0.15, 0.2) is 70.1 Å². The number of anilines is 1. The third-order valence-corrected chi connectivity index (χ3v) is 5.03. The first-order chi connectivity index (χ1) is 15.4. The molecule has 162 valence electrons. The van der Waals surface area contributed by atoms with E-state index >= 15 is 0 Å². The van der Waals surface area contributed by atoms with Crippen LogP contribution in [0.4, 0.5) is 5.69 Å². The molecule has 2 aromatic carbocycles. The number of aryl methyl sites for hydroxylation is 1. The van der Waals surface area contributed by atoms with Gasteiger partial charge in [0.05, 0.1) is 12.7 Å².